The average molecular weight is 510 g/mol. The number of benzene rings is 2. The zero-order valence-corrected chi connectivity index (χ0v) is 20.4. The first-order chi connectivity index (χ1) is 17.3. The summed E-state index contributed by atoms with van der Waals surface area (Å²) < 4.78 is 28.2. The van der Waals surface area contributed by atoms with Crippen LogP contribution in [-0.2, 0) is 31.6 Å². The number of hydrogen-bond donors (Lipinski definition) is 3. The molecule has 4 amide bonds. The van der Waals surface area contributed by atoms with Crippen LogP contribution in [0.4, 0.5) is 10.5 Å². The van der Waals surface area contributed by atoms with Crippen LogP contribution in [-0.4, -0.2) is 50.1 Å². The molecule has 3 aliphatic rings. The van der Waals surface area contributed by atoms with Gasteiger partial charge in [0, 0.05) is 18.7 Å². The second-order valence-corrected chi connectivity index (χ2v) is 10.9. The number of amidine groups is 1. The Bertz CT molecular complexity index is 1370. The van der Waals surface area contributed by atoms with Crippen LogP contribution in [0.1, 0.15) is 43.2 Å². The first-order valence-electron chi connectivity index (χ1n) is 12.0. The zero-order chi connectivity index (χ0) is 25.3. The molecule has 2 heterocycles. The molecule has 5 rings (SSSR count). The van der Waals surface area contributed by atoms with E-state index in [4.69, 9.17) is 0 Å². The van der Waals surface area contributed by atoms with E-state index in [0.29, 0.717) is 31.6 Å². The molecule has 0 radical (unpaired) electrons. The summed E-state index contributed by atoms with van der Waals surface area (Å²) in [4.78, 5) is 43.9. The highest BCUT2D eigenvalue weighted by atomic mass is 32.2. The lowest BCUT2D eigenvalue weighted by molar-refractivity contribution is -0.134. The SMILES string of the molecule is O=C(CN1C(=O)N[C@@]2(CCc3ccccc32)C1=O)Nc1cccc(S(=O)(=O)NC2=NCCCCC2)c1. The van der Waals surface area contributed by atoms with E-state index in [2.05, 4.69) is 20.3 Å². The maximum atomic E-state index is 13.3. The van der Waals surface area contributed by atoms with E-state index in [1.165, 1.54) is 18.2 Å². The standard InChI is InChI=1S/C25H27N5O5S/c31-22(16-30-23(32)25(28-24(30)33)13-12-17-7-3-4-10-20(17)25)27-18-8-6-9-19(15-18)36(34,35)29-21-11-2-1-5-14-26-21/h3-4,6-10,15H,1-2,5,11-14,16H2,(H,26,29)(H,27,31)(H,28,33)/t25-/m1/s1. The van der Waals surface area contributed by atoms with Gasteiger partial charge in [-0.1, -0.05) is 36.8 Å². The van der Waals surface area contributed by atoms with Gasteiger partial charge in [-0.3, -0.25) is 24.2 Å². The third-order valence-corrected chi connectivity index (χ3v) is 8.16. The van der Waals surface area contributed by atoms with Gasteiger partial charge in [0.15, 0.2) is 0 Å². The predicted octanol–water partition coefficient (Wildman–Crippen LogP) is 2.27. The van der Waals surface area contributed by atoms with Crippen LogP contribution >= 0.6 is 0 Å². The quantitative estimate of drug-likeness (QED) is 0.531. The highest BCUT2D eigenvalue weighted by Crippen LogP contribution is 2.41. The summed E-state index contributed by atoms with van der Waals surface area (Å²) in [6.45, 7) is 0.101. The topological polar surface area (TPSA) is 137 Å². The van der Waals surface area contributed by atoms with Crippen molar-refractivity contribution in [1.29, 1.82) is 0 Å². The number of urea groups is 1. The van der Waals surface area contributed by atoms with Gasteiger partial charge in [-0.15, -0.1) is 0 Å². The van der Waals surface area contributed by atoms with Crippen molar-refractivity contribution in [3.05, 3.63) is 59.7 Å². The van der Waals surface area contributed by atoms with E-state index in [1.54, 1.807) is 6.07 Å². The number of anilines is 1. The van der Waals surface area contributed by atoms with Crippen molar-refractivity contribution < 1.29 is 22.8 Å². The molecule has 0 saturated carbocycles. The second-order valence-electron chi connectivity index (χ2n) is 9.20. The van der Waals surface area contributed by atoms with Crippen molar-refractivity contribution in [2.24, 2.45) is 4.99 Å². The van der Waals surface area contributed by atoms with Crippen LogP contribution in [0.3, 0.4) is 0 Å². The van der Waals surface area contributed by atoms with Gasteiger partial charge in [-0.05, 0) is 55.0 Å². The lowest BCUT2D eigenvalue weighted by Gasteiger charge is -2.22. The number of aliphatic imine (C=N–C) groups is 1. The minimum absolute atomic E-state index is 0.0243. The van der Waals surface area contributed by atoms with Gasteiger partial charge in [0.25, 0.3) is 15.9 Å². The van der Waals surface area contributed by atoms with Gasteiger partial charge in [0.1, 0.15) is 17.9 Å². The molecule has 10 nitrogen and oxygen atoms in total. The number of sulfonamides is 1. The molecule has 1 saturated heterocycles. The summed E-state index contributed by atoms with van der Waals surface area (Å²) in [5, 5.41) is 5.38. The van der Waals surface area contributed by atoms with Crippen molar-refractivity contribution in [2.45, 2.75) is 49.0 Å². The lowest BCUT2D eigenvalue weighted by atomic mass is 9.92. The number of carbonyl (C=O) groups excluding carboxylic acids is 3. The third kappa shape index (κ3) is 4.46. The van der Waals surface area contributed by atoms with Crippen LogP contribution in [0.5, 0.6) is 0 Å². The number of nitrogens with one attached hydrogen (secondary N) is 3. The van der Waals surface area contributed by atoms with Crippen molar-refractivity contribution in [3.8, 4) is 0 Å². The molecular weight excluding hydrogens is 482 g/mol. The average Bonchev–Trinajstić information content (AvgIpc) is 3.19. The third-order valence-electron chi connectivity index (χ3n) is 6.78. The Kier molecular flexibility index (Phi) is 6.25. The van der Waals surface area contributed by atoms with Crippen LogP contribution in [0.25, 0.3) is 0 Å². The number of nitrogens with zero attached hydrogens (tertiary/aromatic N) is 2. The fourth-order valence-corrected chi connectivity index (χ4v) is 6.12. The van der Waals surface area contributed by atoms with Crippen LogP contribution < -0.4 is 15.4 Å². The van der Waals surface area contributed by atoms with Gasteiger partial charge >= 0.3 is 6.03 Å². The molecule has 1 fully saturated rings. The molecule has 2 aromatic rings. The second kappa shape index (κ2) is 9.38. The van der Waals surface area contributed by atoms with E-state index in [9.17, 15) is 22.8 Å². The van der Waals surface area contributed by atoms with E-state index in [-0.39, 0.29) is 10.6 Å². The number of hydrogen-bond acceptors (Lipinski definition) is 6. The van der Waals surface area contributed by atoms with Gasteiger partial charge < -0.3 is 10.6 Å². The van der Waals surface area contributed by atoms with E-state index >= 15 is 0 Å². The fourth-order valence-electron chi connectivity index (χ4n) is 4.99. The van der Waals surface area contributed by atoms with Gasteiger partial charge in [0.2, 0.25) is 5.91 Å². The molecule has 36 heavy (non-hydrogen) atoms. The monoisotopic (exact) mass is 509 g/mol. The molecule has 2 aliphatic heterocycles. The summed E-state index contributed by atoms with van der Waals surface area (Å²) in [6, 6.07) is 12.6. The van der Waals surface area contributed by atoms with E-state index in [0.717, 1.165) is 35.3 Å². The van der Waals surface area contributed by atoms with Gasteiger partial charge in [-0.2, -0.15) is 0 Å². The van der Waals surface area contributed by atoms with E-state index < -0.39 is 40.0 Å². The Morgan fingerprint density at radius 3 is 2.75 bits per heavy atom. The highest BCUT2D eigenvalue weighted by Gasteiger charge is 2.55. The summed E-state index contributed by atoms with van der Waals surface area (Å²) in [6.07, 6.45) is 4.46. The van der Waals surface area contributed by atoms with Crippen LogP contribution in [0, 0.1) is 0 Å². The molecule has 0 unspecified atom stereocenters. The molecule has 11 heteroatoms. The van der Waals surface area contributed by atoms with Crippen molar-refractivity contribution in [3.63, 3.8) is 0 Å². The number of carbonyl (C=O) groups is 3. The Morgan fingerprint density at radius 1 is 1.06 bits per heavy atom. The zero-order valence-electron chi connectivity index (χ0n) is 19.6. The van der Waals surface area contributed by atoms with Gasteiger partial charge in [-0.25, -0.2) is 13.2 Å². The summed E-state index contributed by atoms with van der Waals surface area (Å²) in [5.74, 6) is -0.641. The number of rotatable bonds is 5. The summed E-state index contributed by atoms with van der Waals surface area (Å²) in [5.41, 5.74) is 0.849. The molecule has 1 atom stereocenters. The molecule has 3 N–H and O–H groups in total. The minimum Gasteiger partial charge on any atom is -0.324 e. The lowest BCUT2D eigenvalue weighted by Crippen LogP contribution is -2.43. The fraction of sp³-hybridized carbons (Fsp3) is 0.360. The minimum atomic E-state index is -3.88. The Labute approximate surface area is 209 Å². The summed E-state index contributed by atoms with van der Waals surface area (Å²) in [7, 11) is -3.88. The highest BCUT2D eigenvalue weighted by molar-refractivity contribution is 7.90. The predicted molar refractivity (Wildman–Crippen MR) is 133 cm³/mol. The Morgan fingerprint density at radius 2 is 1.89 bits per heavy atom. The molecule has 2 aromatic carbocycles. The maximum absolute atomic E-state index is 13.3. The molecule has 1 aliphatic carbocycles. The Hall–Kier alpha value is -3.73. The van der Waals surface area contributed by atoms with Gasteiger partial charge in [0.05, 0.1) is 4.90 Å². The number of fused-ring (bicyclic) bond motifs is 2. The smallest absolute Gasteiger partial charge is 0.324 e. The number of imide groups is 1. The molecule has 188 valence electrons. The maximum Gasteiger partial charge on any atom is 0.325 e. The molecule has 1 spiro atoms. The van der Waals surface area contributed by atoms with Crippen molar-refractivity contribution in [1.82, 2.24) is 14.9 Å². The van der Waals surface area contributed by atoms with Crippen molar-refractivity contribution in [2.75, 3.05) is 18.4 Å². The molecular formula is C25H27N5O5S. The molecule has 0 bridgehead atoms. The van der Waals surface area contributed by atoms with E-state index in [1.807, 2.05) is 24.3 Å². The first kappa shape index (κ1) is 24.0. The first-order valence-corrected chi connectivity index (χ1v) is 13.5. The Balaban J connectivity index is 1.27. The van der Waals surface area contributed by atoms with Crippen molar-refractivity contribution >= 4 is 39.4 Å². The largest absolute Gasteiger partial charge is 0.325 e. The summed E-state index contributed by atoms with van der Waals surface area (Å²) >= 11 is 0. The van der Waals surface area contributed by atoms with Crippen LogP contribution in [0.15, 0.2) is 58.4 Å². The number of amides is 4. The normalized spacial score (nSPS) is 21.6. The van der Waals surface area contributed by atoms with Crippen LogP contribution in [0.2, 0.25) is 0 Å². The molecule has 0 aromatic heterocycles. The number of aryl methyl sites for hydroxylation is 1.